The molecule has 2 unspecified atom stereocenters. The highest BCUT2D eigenvalue weighted by atomic mass is 19.4. The van der Waals surface area contributed by atoms with Crippen LogP contribution < -0.4 is 0 Å². The molecule has 9 heteroatoms. The topological polar surface area (TPSA) is 70.1 Å². The Morgan fingerprint density at radius 2 is 1.67 bits per heavy atom. The largest absolute Gasteiger partial charge is 0.461 e. The molecular weight excluding hydrogens is 365 g/mol. The van der Waals surface area contributed by atoms with Gasteiger partial charge in [-0.15, -0.1) is 0 Å². The minimum Gasteiger partial charge on any atom is -0.461 e. The molecule has 0 spiro atoms. The number of β-amino-alcohol motifs (C(OH)–C–C–N with tert-alkyl or cyclic N) is 1. The molecule has 0 aliphatic carbocycles. The lowest BCUT2D eigenvalue weighted by Crippen LogP contribution is -2.60. The van der Waals surface area contributed by atoms with Gasteiger partial charge in [0.1, 0.15) is 6.10 Å². The molecule has 3 rings (SSSR count). The third kappa shape index (κ3) is 4.52. The van der Waals surface area contributed by atoms with Gasteiger partial charge in [-0.1, -0.05) is 12.1 Å². The number of halogens is 3. The number of nitrogens with zero attached hydrogens (tertiary/aromatic N) is 2. The molecule has 2 aliphatic rings. The fourth-order valence-electron chi connectivity index (χ4n) is 3.53. The van der Waals surface area contributed by atoms with Gasteiger partial charge in [-0.25, -0.2) is 4.79 Å². The fraction of sp³-hybridized carbons (Fsp3) is 0.556. The summed E-state index contributed by atoms with van der Waals surface area (Å²) in [4.78, 5) is 26.9. The molecule has 0 saturated carbocycles. The molecule has 1 aromatic carbocycles. The van der Waals surface area contributed by atoms with E-state index in [4.69, 9.17) is 4.74 Å². The van der Waals surface area contributed by atoms with E-state index < -0.39 is 29.9 Å². The highest BCUT2D eigenvalue weighted by Gasteiger charge is 2.38. The third-order valence-electron chi connectivity index (χ3n) is 4.86. The summed E-state index contributed by atoms with van der Waals surface area (Å²) in [5.41, 5.74) is -0.0811. The van der Waals surface area contributed by atoms with Crippen molar-refractivity contribution in [1.29, 1.82) is 0 Å². The Hall–Kier alpha value is -2.29. The van der Waals surface area contributed by atoms with E-state index in [9.17, 15) is 27.9 Å². The van der Waals surface area contributed by atoms with Crippen molar-refractivity contribution < 1.29 is 32.6 Å². The lowest BCUT2D eigenvalue weighted by Gasteiger charge is -2.43. The Kier molecular flexibility index (Phi) is 5.32. The number of amides is 2. The molecule has 2 amide bonds. The molecule has 148 valence electrons. The maximum absolute atomic E-state index is 12.8. The summed E-state index contributed by atoms with van der Waals surface area (Å²) in [6.45, 7) is 2.31. The van der Waals surface area contributed by atoms with Crippen molar-refractivity contribution in [2.75, 3.05) is 26.2 Å². The number of piperidine rings is 1. The van der Waals surface area contributed by atoms with Crippen LogP contribution in [0.5, 0.6) is 0 Å². The number of aliphatic hydroxyl groups excluding tert-OH is 1. The minimum atomic E-state index is -4.41. The molecule has 2 aliphatic heterocycles. The zero-order valence-corrected chi connectivity index (χ0v) is 14.8. The molecule has 1 N–H and O–H groups in total. The summed E-state index contributed by atoms with van der Waals surface area (Å²) in [7, 11) is 0. The third-order valence-corrected chi connectivity index (χ3v) is 4.86. The van der Waals surface area contributed by atoms with E-state index >= 15 is 0 Å². The zero-order chi connectivity index (χ0) is 19.8. The van der Waals surface area contributed by atoms with Crippen molar-refractivity contribution in [2.45, 2.75) is 37.6 Å². The molecule has 0 aromatic heterocycles. The predicted molar refractivity (Wildman–Crippen MR) is 88.9 cm³/mol. The van der Waals surface area contributed by atoms with Crippen LogP contribution in [0.15, 0.2) is 24.3 Å². The van der Waals surface area contributed by atoms with E-state index in [1.165, 1.54) is 28.9 Å². The van der Waals surface area contributed by atoms with Gasteiger partial charge in [0.2, 0.25) is 0 Å². The second-order valence-electron chi connectivity index (χ2n) is 7.03. The predicted octanol–water partition coefficient (Wildman–Crippen LogP) is 2.22. The summed E-state index contributed by atoms with van der Waals surface area (Å²) in [6.07, 6.45) is -5.05. The van der Waals surface area contributed by atoms with Crippen LogP contribution in [0.1, 0.15) is 30.4 Å². The smallest absolute Gasteiger partial charge is 0.416 e. The Morgan fingerprint density at radius 1 is 1.07 bits per heavy atom. The van der Waals surface area contributed by atoms with Crippen LogP contribution in [0.25, 0.3) is 0 Å². The number of rotatable bonds is 2. The number of ether oxygens (including phenoxy) is 1. The molecule has 2 fully saturated rings. The molecule has 6 nitrogen and oxygen atoms in total. The molecule has 2 atom stereocenters. The first kappa shape index (κ1) is 19.5. The number of urea groups is 1. The average molecular weight is 386 g/mol. The van der Waals surface area contributed by atoms with Crippen LogP contribution in [-0.2, 0) is 15.7 Å². The number of esters is 1. The number of hydrogen-bond donors (Lipinski definition) is 1. The van der Waals surface area contributed by atoms with E-state index in [2.05, 4.69) is 0 Å². The maximum Gasteiger partial charge on any atom is 0.416 e. The van der Waals surface area contributed by atoms with Crippen LogP contribution in [-0.4, -0.2) is 65.3 Å². The van der Waals surface area contributed by atoms with Crippen molar-refractivity contribution in [3.63, 3.8) is 0 Å². The molecule has 1 aromatic rings. The van der Waals surface area contributed by atoms with E-state index in [0.29, 0.717) is 18.5 Å². The fourth-order valence-corrected chi connectivity index (χ4v) is 3.53. The second kappa shape index (κ2) is 7.38. The van der Waals surface area contributed by atoms with Gasteiger partial charge in [-0.2, -0.15) is 13.2 Å². The Morgan fingerprint density at radius 3 is 2.19 bits per heavy atom. The van der Waals surface area contributed by atoms with Crippen LogP contribution in [0.2, 0.25) is 0 Å². The lowest BCUT2D eigenvalue weighted by molar-refractivity contribution is -0.149. The van der Waals surface area contributed by atoms with Crippen molar-refractivity contribution >= 4 is 12.0 Å². The summed E-state index contributed by atoms with van der Waals surface area (Å²) >= 11 is 0. The Bertz CT molecular complexity index is 702. The first-order chi connectivity index (χ1) is 12.6. The minimum absolute atomic E-state index is 0.224. The standard InChI is InChI=1S/C18H21F3N2O4/c1-11(24)27-16-6-13(12-2-4-14(5-3-12)18(19,20)21)7-22(10-16)17(26)23-8-15(25)9-23/h2-5,13,15-16,25H,6-10H2,1H3. The zero-order valence-electron chi connectivity index (χ0n) is 14.8. The van der Waals surface area contributed by atoms with Crippen molar-refractivity contribution in [1.82, 2.24) is 9.80 Å². The summed E-state index contributed by atoms with van der Waals surface area (Å²) in [6, 6.07) is 4.57. The van der Waals surface area contributed by atoms with Crippen LogP contribution in [0.3, 0.4) is 0 Å². The van der Waals surface area contributed by atoms with Crippen LogP contribution in [0.4, 0.5) is 18.0 Å². The van der Waals surface area contributed by atoms with Gasteiger partial charge in [0.15, 0.2) is 0 Å². The Balaban J connectivity index is 1.76. The number of hydrogen-bond acceptors (Lipinski definition) is 4. The number of carbonyl (C=O) groups is 2. The van der Waals surface area contributed by atoms with Gasteiger partial charge in [-0.05, 0) is 24.1 Å². The monoisotopic (exact) mass is 386 g/mol. The summed E-state index contributed by atoms with van der Waals surface area (Å²) < 4.78 is 43.6. The van der Waals surface area contributed by atoms with Gasteiger partial charge >= 0.3 is 18.2 Å². The summed E-state index contributed by atoms with van der Waals surface area (Å²) in [5.74, 6) is -0.722. The second-order valence-corrected chi connectivity index (χ2v) is 7.03. The van der Waals surface area contributed by atoms with E-state index in [1.807, 2.05) is 0 Å². The quantitative estimate of drug-likeness (QED) is 0.792. The van der Waals surface area contributed by atoms with E-state index in [-0.39, 0.29) is 31.6 Å². The van der Waals surface area contributed by atoms with E-state index in [1.54, 1.807) is 0 Å². The van der Waals surface area contributed by atoms with E-state index in [0.717, 1.165) is 12.1 Å². The van der Waals surface area contributed by atoms with Crippen molar-refractivity contribution in [3.05, 3.63) is 35.4 Å². The first-order valence-corrected chi connectivity index (χ1v) is 8.69. The number of alkyl halides is 3. The highest BCUT2D eigenvalue weighted by Crippen LogP contribution is 2.33. The SMILES string of the molecule is CC(=O)OC1CC(c2ccc(C(F)(F)F)cc2)CN(C(=O)N2CC(O)C2)C1. The van der Waals surface area contributed by atoms with Crippen molar-refractivity contribution in [3.8, 4) is 0 Å². The normalized spacial score (nSPS) is 23.7. The number of likely N-dealkylation sites (tertiary alicyclic amines) is 2. The lowest BCUT2D eigenvalue weighted by atomic mass is 9.88. The first-order valence-electron chi connectivity index (χ1n) is 8.69. The molecule has 0 bridgehead atoms. The van der Waals surface area contributed by atoms with Gasteiger partial charge in [-0.3, -0.25) is 4.79 Å². The molecule has 27 heavy (non-hydrogen) atoms. The Labute approximate surface area is 154 Å². The number of benzene rings is 1. The van der Waals surface area contributed by atoms with Crippen LogP contribution in [0, 0.1) is 0 Å². The average Bonchev–Trinajstić information content (AvgIpc) is 2.57. The van der Waals surface area contributed by atoms with Crippen LogP contribution >= 0.6 is 0 Å². The van der Waals surface area contributed by atoms with Gasteiger partial charge in [0.05, 0.1) is 31.3 Å². The number of carbonyl (C=O) groups excluding carboxylic acids is 2. The molecular formula is C18H21F3N2O4. The number of aliphatic hydroxyl groups is 1. The molecule has 2 saturated heterocycles. The van der Waals surface area contributed by atoms with Gasteiger partial charge < -0.3 is 19.6 Å². The summed E-state index contributed by atoms with van der Waals surface area (Å²) in [5, 5.41) is 9.38. The van der Waals surface area contributed by atoms with Gasteiger partial charge in [0, 0.05) is 19.4 Å². The molecule has 0 radical (unpaired) electrons. The highest BCUT2D eigenvalue weighted by molar-refractivity contribution is 5.76. The van der Waals surface area contributed by atoms with Crippen molar-refractivity contribution in [2.24, 2.45) is 0 Å². The maximum atomic E-state index is 12.8. The molecule has 2 heterocycles. The van der Waals surface area contributed by atoms with Gasteiger partial charge in [0.25, 0.3) is 0 Å².